The number of benzene rings is 1. The van der Waals surface area contributed by atoms with Crippen LogP contribution in [0.4, 0.5) is 0 Å². The second-order valence-corrected chi connectivity index (χ2v) is 8.19. The highest BCUT2D eigenvalue weighted by Crippen LogP contribution is 2.38. The number of likely N-dealkylation sites (tertiary alicyclic amines) is 1. The molecule has 1 N–H and O–H groups in total. The fraction of sp³-hybridized carbons (Fsp3) is 0.522. The lowest BCUT2D eigenvalue weighted by molar-refractivity contribution is -0.153. The molecule has 1 aromatic carbocycles. The molecule has 0 aromatic heterocycles. The zero-order valence-corrected chi connectivity index (χ0v) is 17.6. The van der Waals surface area contributed by atoms with Crippen LogP contribution >= 0.6 is 0 Å². The fourth-order valence-electron chi connectivity index (χ4n) is 3.87. The van der Waals surface area contributed by atoms with Crippen LogP contribution in [0.15, 0.2) is 43.0 Å². The number of hydrogen-bond donors (Lipinski definition) is 1. The average Bonchev–Trinajstić information content (AvgIpc) is 3.39. The molecule has 1 aromatic rings. The van der Waals surface area contributed by atoms with Crippen molar-refractivity contribution in [3.05, 3.63) is 48.6 Å². The molecule has 2 aliphatic heterocycles. The molecular formula is C23H30N2O5. The van der Waals surface area contributed by atoms with Gasteiger partial charge in [-0.2, -0.15) is 0 Å². The summed E-state index contributed by atoms with van der Waals surface area (Å²) in [5, 5.41) is 2.87. The predicted molar refractivity (Wildman–Crippen MR) is 111 cm³/mol. The van der Waals surface area contributed by atoms with Crippen molar-refractivity contribution in [3.8, 4) is 0 Å². The van der Waals surface area contributed by atoms with Crippen molar-refractivity contribution >= 4 is 17.8 Å². The van der Waals surface area contributed by atoms with Gasteiger partial charge in [0.15, 0.2) is 6.10 Å². The van der Waals surface area contributed by atoms with E-state index in [-0.39, 0.29) is 30.4 Å². The van der Waals surface area contributed by atoms with Gasteiger partial charge in [-0.1, -0.05) is 56.8 Å². The average molecular weight is 415 g/mol. The van der Waals surface area contributed by atoms with E-state index in [4.69, 9.17) is 9.47 Å². The van der Waals surface area contributed by atoms with Gasteiger partial charge in [0.05, 0.1) is 0 Å². The molecule has 2 amide bonds. The van der Waals surface area contributed by atoms with Crippen LogP contribution < -0.4 is 5.32 Å². The first-order valence-electron chi connectivity index (χ1n) is 10.5. The van der Waals surface area contributed by atoms with Crippen LogP contribution in [0.1, 0.15) is 44.8 Å². The van der Waals surface area contributed by atoms with Crippen molar-refractivity contribution in [1.82, 2.24) is 10.2 Å². The third-order valence-electron chi connectivity index (χ3n) is 5.35. The first-order valence-corrected chi connectivity index (χ1v) is 10.5. The van der Waals surface area contributed by atoms with Gasteiger partial charge in [0.2, 0.25) is 5.91 Å². The molecule has 2 fully saturated rings. The summed E-state index contributed by atoms with van der Waals surface area (Å²) in [5.41, 5.74) is 0.939. The summed E-state index contributed by atoms with van der Waals surface area (Å²) in [6, 6.07) is 8.22. The summed E-state index contributed by atoms with van der Waals surface area (Å²) in [7, 11) is 0. The number of epoxide rings is 1. The normalized spacial score (nSPS) is 23.7. The van der Waals surface area contributed by atoms with Gasteiger partial charge in [0, 0.05) is 6.54 Å². The summed E-state index contributed by atoms with van der Waals surface area (Å²) in [6.45, 7) is 8.12. The Hall–Kier alpha value is -2.67. The van der Waals surface area contributed by atoms with Gasteiger partial charge in [-0.25, -0.2) is 4.79 Å². The monoisotopic (exact) mass is 414 g/mol. The summed E-state index contributed by atoms with van der Waals surface area (Å²) in [4.78, 5) is 39.9. The van der Waals surface area contributed by atoms with Crippen molar-refractivity contribution in [2.24, 2.45) is 5.92 Å². The van der Waals surface area contributed by atoms with Crippen molar-refractivity contribution < 1.29 is 23.9 Å². The van der Waals surface area contributed by atoms with Crippen molar-refractivity contribution in [3.63, 3.8) is 0 Å². The number of nitrogens with one attached hydrogen (secondary N) is 1. The Morgan fingerprint density at radius 1 is 1.30 bits per heavy atom. The molecular weight excluding hydrogens is 384 g/mol. The molecule has 0 aliphatic carbocycles. The molecule has 7 nitrogen and oxygen atoms in total. The lowest BCUT2D eigenvalue weighted by Gasteiger charge is -2.29. The van der Waals surface area contributed by atoms with Crippen LogP contribution in [-0.4, -0.2) is 54.0 Å². The summed E-state index contributed by atoms with van der Waals surface area (Å²) < 4.78 is 10.7. The van der Waals surface area contributed by atoms with E-state index in [1.54, 1.807) is 4.90 Å². The smallest absolute Gasteiger partial charge is 0.329 e. The third kappa shape index (κ3) is 5.27. The fourth-order valence-corrected chi connectivity index (χ4v) is 3.87. The Bertz CT molecular complexity index is 779. The maximum atomic E-state index is 13.2. The summed E-state index contributed by atoms with van der Waals surface area (Å²) in [5.74, 6) is -0.775. The molecule has 0 radical (unpaired) electrons. The molecule has 2 heterocycles. The Morgan fingerprint density at radius 3 is 2.70 bits per heavy atom. The van der Waals surface area contributed by atoms with Gasteiger partial charge in [0.25, 0.3) is 5.91 Å². The molecule has 0 saturated carbocycles. The summed E-state index contributed by atoms with van der Waals surface area (Å²) >= 11 is 0. The lowest BCUT2D eigenvalue weighted by atomic mass is 10.0. The number of carbonyl (C=O) groups excluding carboxylic acids is 3. The molecule has 2 saturated heterocycles. The van der Waals surface area contributed by atoms with Crippen molar-refractivity contribution in [1.29, 1.82) is 0 Å². The number of ether oxygens (including phenoxy) is 2. The van der Waals surface area contributed by atoms with E-state index in [0.717, 1.165) is 12.0 Å². The van der Waals surface area contributed by atoms with Crippen LogP contribution in [0.2, 0.25) is 0 Å². The third-order valence-corrected chi connectivity index (χ3v) is 5.35. The van der Waals surface area contributed by atoms with E-state index in [1.807, 2.05) is 44.2 Å². The predicted octanol–water partition coefficient (Wildman–Crippen LogP) is 2.38. The quantitative estimate of drug-likeness (QED) is 0.381. The van der Waals surface area contributed by atoms with Crippen molar-refractivity contribution in [2.45, 2.75) is 57.4 Å². The summed E-state index contributed by atoms with van der Waals surface area (Å²) in [6.07, 6.45) is 2.39. The van der Waals surface area contributed by atoms with Gasteiger partial charge in [0.1, 0.15) is 24.8 Å². The van der Waals surface area contributed by atoms with Crippen LogP contribution in [-0.2, 0) is 23.9 Å². The number of esters is 1. The molecule has 4 atom stereocenters. The van der Waals surface area contributed by atoms with Gasteiger partial charge in [-0.05, 0) is 30.7 Å². The lowest BCUT2D eigenvalue weighted by Crippen LogP contribution is -2.53. The van der Waals surface area contributed by atoms with E-state index >= 15 is 0 Å². The number of hydrogen-bond acceptors (Lipinski definition) is 5. The zero-order chi connectivity index (χ0) is 21.7. The van der Waals surface area contributed by atoms with Crippen LogP contribution in [0, 0.1) is 5.92 Å². The first-order chi connectivity index (χ1) is 14.4. The van der Waals surface area contributed by atoms with E-state index in [0.29, 0.717) is 19.4 Å². The minimum atomic E-state index is -0.703. The SMILES string of the molecule is C=CCOC(=O)[C@@H]1CCCN1C(=O)[C@H](CC(C)C)NC(=O)C1OC1c1ccccc1. The maximum Gasteiger partial charge on any atom is 0.329 e. The second kappa shape index (κ2) is 9.89. The molecule has 30 heavy (non-hydrogen) atoms. The van der Waals surface area contributed by atoms with Gasteiger partial charge in [-0.3, -0.25) is 9.59 Å². The highest BCUT2D eigenvalue weighted by Gasteiger charge is 2.47. The molecule has 2 aliphatic rings. The number of rotatable bonds is 9. The van der Waals surface area contributed by atoms with Gasteiger partial charge >= 0.3 is 5.97 Å². The van der Waals surface area contributed by atoms with Crippen LogP contribution in [0.3, 0.4) is 0 Å². The largest absolute Gasteiger partial charge is 0.460 e. The Kier molecular flexibility index (Phi) is 7.26. The first kappa shape index (κ1) is 22.0. The molecule has 0 bridgehead atoms. The molecule has 7 heteroatoms. The molecule has 2 unspecified atom stereocenters. The minimum Gasteiger partial charge on any atom is -0.460 e. The van der Waals surface area contributed by atoms with Crippen molar-refractivity contribution in [2.75, 3.05) is 13.2 Å². The maximum absolute atomic E-state index is 13.2. The van der Waals surface area contributed by atoms with Crippen LogP contribution in [0.25, 0.3) is 0 Å². The van der Waals surface area contributed by atoms with Crippen LogP contribution in [0.5, 0.6) is 0 Å². The standard InChI is InChI=1S/C23H30N2O5/c1-4-13-29-23(28)18-11-8-12-25(18)22(27)17(14-15(2)3)24-21(26)20-19(30-20)16-9-6-5-7-10-16/h4-7,9-10,15,17-20H,1,8,11-14H2,2-3H3,(H,24,26)/t17-,18-,19?,20?/m0/s1. The van der Waals surface area contributed by atoms with E-state index < -0.39 is 24.2 Å². The van der Waals surface area contributed by atoms with E-state index in [2.05, 4.69) is 11.9 Å². The Labute approximate surface area is 177 Å². The zero-order valence-electron chi connectivity index (χ0n) is 17.6. The second-order valence-electron chi connectivity index (χ2n) is 8.19. The highest BCUT2D eigenvalue weighted by molar-refractivity contribution is 5.93. The Morgan fingerprint density at radius 2 is 2.03 bits per heavy atom. The molecule has 162 valence electrons. The van der Waals surface area contributed by atoms with E-state index in [1.165, 1.54) is 6.08 Å². The van der Waals surface area contributed by atoms with Gasteiger partial charge in [-0.15, -0.1) is 0 Å². The minimum absolute atomic E-state index is 0.114. The Balaban J connectivity index is 1.65. The molecule has 0 spiro atoms. The topological polar surface area (TPSA) is 88.2 Å². The number of nitrogens with zero attached hydrogens (tertiary/aromatic N) is 1. The molecule has 3 rings (SSSR count). The number of amides is 2. The van der Waals surface area contributed by atoms with E-state index in [9.17, 15) is 14.4 Å². The number of carbonyl (C=O) groups is 3. The van der Waals surface area contributed by atoms with Gasteiger partial charge < -0.3 is 19.7 Å². The highest BCUT2D eigenvalue weighted by atomic mass is 16.6.